The van der Waals surface area contributed by atoms with Crippen LogP contribution in [0.1, 0.15) is 19.4 Å². The molecule has 1 aromatic carbocycles. The highest BCUT2D eigenvalue weighted by atomic mass is 79.9. The van der Waals surface area contributed by atoms with Gasteiger partial charge in [0.1, 0.15) is 0 Å². The molecule has 66 valence electrons. The smallest absolute Gasteiger partial charge is 0.0364 e. The molecule has 0 spiro atoms. The van der Waals surface area contributed by atoms with Crippen molar-refractivity contribution < 1.29 is 0 Å². The molecule has 0 aliphatic carbocycles. The molecule has 2 N–H and O–H groups in total. The van der Waals surface area contributed by atoms with Crippen molar-refractivity contribution in [3.8, 4) is 0 Å². The molecule has 12 heavy (non-hydrogen) atoms. The maximum Gasteiger partial charge on any atom is 0.0364 e. The van der Waals surface area contributed by atoms with Gasteiger partial charge in [0.2, 0.25) is 0 Å². The standard InChI is InChI=1S/C9H11Br2N/c1-9(2,12)7-5-6(10)3-4-8(7)11/h3-5H,12H2,1-2H3. The van der Waals surface area contributed by atoms with E-state index in [9.17, 15) is 0 Å². The zero-order valence-electron chi connectivity index (χ0n) is 7.07. The molecule has 0 saturated carbocycles. The molecule has 0 aromatic heterocycles. The SMILES string of the molecule is CC(C)(N)c1cc(Br)ccc1Br. The number of hydrogen-bond acceptors (Lipinski definition) is 1. The van der Waals surface area contributed by atoms with Gasteiger partial charge in [-0.05, 0) is 37.6 Å². The van der Waals surface area contributed by atoms with E-state index in [1.54, 1.807) is 0 Å². The number of benzene rings is 1. The second kappa shape index (κ2) is 3.48. The highest BCUT2D eigenvalue weighted by Gasteiger charge is 2.17. The van der Waals surface area contributed by atoms with Crippen molar-refractivity contribution in [3.05, 3.63) is 32.7 Å². The molecule has 3 heteroatoms. The van der Waals surface area contributed by atoms with Crippen LogP contribution >= 0.6 is 31.9 Å². The minimum atomic E-state index is -0.303. The van der Waals surface area contributed by atoms with E-state index in [2.05, 4.69) is 31.9 Å². The molecular formula is C9H11Br2N. The fraction of sp³-hybridized carbons (Fsp3) is 0.333. The highest BCUT2D eigenvalue weighted by molar-refractivity contribution is 9.11. The molecule has 1 rings (SSSR count). The van der Waals surface area contributed by atoms with E-state index in [0.717, 1.165) is 14.5 Å². The molecule has 0 radical (unpaired) electrons. The molecule has 0 amide bonds. The van der Waals surface area contributed by atoms with E-state index in [1.807, 2.05) is 32.0 Å². The van der Waals surface area contributed by atoms with Crippen LogP contribution in [0.2, 0.25) is 0 Å². The monoisotopic (exact) mass is 291 g/mol. The van der Waals surface area contributed by atoms with Gasteiger partial charge in [0.05, 0.1) is 0 Å². The first-order valence-corrected chi connectivity index (χ1v) is 5.24. The first kappa shape index (κ1) is 10.2. The van der Waals surface area contributed by atoms with E-state index in [0.29, 0.717) is 0 Å². The third kappa shape index (κ3) is 2.31. The summed E-state index contributed by atoms with van der Waals surface area (Å²) in [5, 5.41) is 0. The largest absolute Gasteiger partial charge is 0.322 e. The number of rotatable bonds is 1. The van der Waals surface area contributed by atoms with Crippen LogP contribution in [0.15, 0.2) is 27.1 Å². The van der Waals surface area contributed by atoms with Crippen molar-refractivity contribution in [2.24, 2.45) is 5.73 Å². The fourth-order valence-electron chi connectivity index (χ4n) is 0.991. The first-order valence-electron chi connectivity index (χ1n) is 3.65. The molecule has 0 heterocycles. The van der Waals surface area contributed by atoms with Crippen molar-refractivity contribution in [2.45, 2.75) is 19.4 Å². The minimum absolute atomic E-state index is 0.303. The maximum atomic E-state index is 5.98. The van der Waals surface area contributed by atoms with E-state index in [4.69, 9.17) is 5.73 Å². The Morgan fingerprint density at radius 3 is 2.25 bits per heavy atom. The van der Waals surface area contributed by atoms with Crippen LogP contribution in [0.25, 0.3) is 0 Å². The Balaban J connectivity index is 3.23. The summed E-state index contributed by atoms with van der Waals surface area (Å²) in [4.78, 5) is 0. The van der Waals surface area contributed by atoms with Gasteiger partial charge in [-0.2, -0.15) is 0 Å². The van der Waals surface area contributed by atoms with Crippen LogP contribution in [-0.4, -0.2) is 0 Å². The van der Waals surface area contributed by atoms with Gasteiger partial charge in [-0.15, -0.1) is 0 Å². The summed E-state index contributed by atoms with van der Waals surface area (Å²) >= 11 is 6.88. The summed E-state index contributed by atoms with van der Waals surface area (Å²) in [5.74, 6) is 0. The van der Waals surface area contributed by atoms with Gasteiger partial charge in [-0.3, -0.25) is 0 Å². The molecule has 0 aliphatic rings. The van der Waals surface area contributed by atoms with Crippen molar-refractivity contribution in [1.82, 2.24) is 0 Å². The van der Waals surface area contributed by atoms with Gasteiger partial charge in [0.25, 0.3) is 0 Å². The second-order valence-corrected chi connectivity index (χ2v) is 5.12. The van der Waals surface area contributed by atoms with Crippen LogP contribution in [0.4, 0.5) is 0 Å². The molecule has 0 saturated heterocycles. The summed E-state index contributed by atoms with van der Waals surface area (Å²) in [7, 11) is 0. The van der Waals surface area contributed by atoms with Crippen molar-refractivity contribution in [3.63, 3.8) is 0 Å². The first-order chi connectivity index (χ1) is 5.41. The van der Waals surface area contributed by atoms with E-state index in [1.165, 1.54) is 0 Å². The summed E-state index contributed by atoms with van der Waals surface area (Å²) in [6.45, 7) is 3.97. The maximum absolute atomic E-state index is 5.98. The molecule has 0 aliphatic heterocycles. The molecule has 1 nitrogen and oxygen atoms in total. The van der Waals surface area contributed by atoms with Gasteiger partial charge >= 0.3 is 0 Å². The Labute approximate surface area is 89.6 Å². The lowest BCUT2D eigenvalue weighted by molar-refractivity contribution is 0.551. The molecule has 0 unspecified atom stereocenters. The van der Waals surface area contributed by atoms with E-state index >= 15 is 0 Å². The minimum Gasteiger partial charge on any atom is -0.322 e. The predicted octanol–water partition coefficient (Wildman–Crippen LogP) is 3.41. The average molecular weight is 293 g/mol. The van der Waals surface area contributed by atoms with Gasteiger partial charge in [-0.1, -0.05) is 31.9 Å². The Kier molecular flexibility index (Phi) is 2.97. The highest BCUT2D eigenvalue weighted by Crippen LogP contribution is 2.28. The van der Waals surface area contributed by atoms with E-state index < -0.39 is 0 Å². The third-order valence-corrected chi connectivity index (χ3v) is 2.81. The van der Waals surface area contributed by atoms with Gasteiger partial charge < -0.3 is 5.73 Å². The van der Waals surface area contributed by atoms with Crippen molar-refractivity contribution >= 4 is 31.9 Å². The van der Waals surface area contributed by atoms with Gasteiger partial charge in [0.15, 0.2) is 0 Å². The van der Waals surface area contributed by atoms with Crippen LogP contribution in [-0.2, 0) is 5.54 Å². The summed E-state index contributed by atoms with van der Waals surface area (Å²) in [6, 6.07) is 6.01. The lowest BCUT2D eigenvalue weighted by Gasteiger charge is -2.20. The van der Waals surface area contributed by atoms with Crippen LogP contribution in [0, 0.1) is 0 Å². The van der Waals surface area contributed by atoms with Crippen molar-refractivity contribution in [2.75, 3.05) is 0 Å². The van der Waals surface area contributed by atoms with Gasteiger partial charge in [0, 0.05) is 14.5 Å². The third-order valence-electron chi connectivity index (χ3n) is 1.62. The van der Waals surface area contributed by atoms with Crippen LogP contribution < -0.4 is 5.73 Å². The average Bonchev–Trinajstić information content (AvgIpc) is 1.92. The van der Waals surface area contributed by atoms with E-state index in [-0.39, 0.29) is 5.54 Å². The normalized spacial score (nSPS) is 11.8. The quantitative estimate of drug-likeness (QED) is 0.843. The van der Waals surface area contributed by atoms with Crippen LogP contribution in [0.5, 0.6) is 0 Å². The Morgan fingerprint density at radius 2 is 1.83 bits per heavy atom. The topological polar surface area (TPSA) is 26.0 Å². The summed E-state index contributed by atoms with van der Waals surface area (Å²) < 4.78 is 2.11. The second-order valence-electron chi connectivity index (χ2n) is 3.35. The lowest BCUT2D eigenvalue weighted by atomic mass is 9.96. The summed E-state index contributed by atoms with van der Waals surface area (Å²) in [6.07, 6.45) is 0. The molecule has 1 aromatic rings. The lowest BCUT2D eigenvalue weighted by Crippen LogP contribution is -2.29. The molecular weight excluding hydrogens is 282 g/mol. The fourth-order valence-corrected chi connectivity index (χ4v) is 2.11. The molecule has 0 fully saturated rings. The Morgan fingerprint density at radius 1 is 1.25 bits per heavy atom. The van der Waals surface area contributed by atoms with Gasteiger partial charge in [-0.25, -0.2) is 0 Å². The van der Waals surface area contributed by atoms with Crippen LogP contribution in [0.3, 0.4) is 0 Å². The zero-order valence-corrected chi connectivity index (χ0v) is 10.2. The number of nitrogens with two attached hydrogens (primary N) is 1. The Bertz CT molecular complexity index is 289. The molecule has 0 atom stereocenters. The summed E-state index contributed by atoms with van der Waals surface area (Å²) in [5.41, 5.74) is 6.78. The zero-order chi connectivity index (χ0) is 9.35. The number of hydrogen-bond donors (Lipinski definition) is 1. The Hall–Kier alpha value is 0.140. The predicted molar refractivity (Wildman–Crippen MR) is 59.1 cm³/mol. The number of halogens is 2. The van der Waals surface area contributed by atoms with Crippen molar-refractivity contribution in [1.29, 1.82) is 0 Å². The molecule has 0 bridgehead atoms.